The topological polar surface area (TPSA) is 23.0 Å². The van der Waals surface area contributed by atoms with Crippen LogP contribution in [0.2, 0.25) is 0 Å². The minimum atomic E-state index is 0.910. The fourth-order valence-corrected chi connectivity index (χ4v) is 7.26. The number of fused-ring (bicyclic) bond motifs is 12. The first-order valence-electron chi connectivity index (χ1n) is 14.7. The zero-order valence-electron chi connectivity index (χ0n) is 23.2. The zero-order valence-corrected chi connectivity index (χ0v) is 23.2. The molecule has 10 rings (SSSR count). The van der Waals surface area contributed by atoms with Crippen LogP contribution in [0.25, 0.3) is 87.7 Å². The van der Waals surface area contributed by atoms with Crippen molar-refractivity contribution < 1.29 is 4.42 Å². The minimum Gasteiger partial charge on any atom is -0.454 e. The van der Waals surface area contributed by atoms with Crippen molar-refractivity contribution in [3.05, 3.63) is 146 Å². The van der Waals surface area contributed by atoms with Crippen LogP contribution < -0.4 is 0 Å². The van der Waals surface area contributed by atoms with Gasteiger partial charge in [0, 0.05) is 43.7 Å². The minimum absolute atomic E-state index is 0.910. The Bertz CT molecular complexity index is 2710. The lowest BCUT2D eigenvalue weighted by Crippen LogP contribution is -1.95. The van der Waals surface area contributed by atoms with Crippen LogP contribution in [0.4, 0.5) is 0 Å². The molecule has 3 nitrogen and oxygen atoms in total. The number of furan rings is 1. The second kappa shape index (κ2) is 8.37. The monoisotopic (exact) mass is 548 g/mol. The van der Waals surface area contributed by atoms with Crippen molar-refractivity contribution in [2.24, 2.45) is 0 Å². The van der Waals surface area contributed by atoms with E-state index in [2.05, 4.69) is 149 Å². The Morgan fingerprint density at radius 1 is 0.395 bits per heavy atom. The zero-order chi connectivity index (χ0) is 28.1. The molecule has 0 saturated carbocycles. The van der Waals surface area contributed by atoms with E-state index >= 15 is 0 Å². The van der Waals surface area contributed by atoms with Crippen molar-refractivity contribution in [1.29, 1.82) is 0 Å². The van der Waals surface area contributed by atoms with E-state index in [1.165, 1.54) is 43.4 Å². The SMILES string of the molecule is c1ccc(-n2c3cc4c(cc3c3c5ccccc5ccc32)c2ccc3c5ccccc5oc3c2n4-c2ccccc2)cc1. The molecular formula is C40H24N2O. The van der Waals surface area contributed by atoms with E-state index in [1.54, 1.807) is 0 Å². The van der Waals surface area contributed by atoms with Gasteiger partial charge in [0.05, 0.1) is 22.1 Å². The lowest BCUT2D eigenvalue weighted by atomic mass is 10.0. The molecule has 3 heterocycles. The standard InChI is InChI=1S/C40H24N2O/c1-3-12-26(13-4-1)41-34-22-19-25-11-7-8-16-28(25)38(34)33-23-32-30-20-21-31-29-17-9-10-18-37(29)43-40(31)39(30)42(35(32)24-36(33)41)27-14-5-2-6-15-27/h1-24H. The van der Waals surface area contributed by atoms with E-state index in [1.807, 2.05) is 6.07 Å². The van der Waals surface area contributed by atoms with E-state index in [4.69, 9.17) is 4.42 Å². The van der Waals surface area contributed by atoms with E-state index in [0.717, 1.165) is 44.3 Å². The second-order valence-corrected chi connectivity index (χ2v) is 11.3. The van der Waals surface area contributed by atoms with Gasteiger partial charge in [-0.05, 0) is 65.4 Å². The van der Waals surface area contributed by atoms with Gasteiger partial charge in [0.25, 0.3) is 0 Å². The Morgan fingerprint density at radius 2 is 1.05 bits per heavy atom. The van der Waals surface area contributed by atoms with Gasteiger partial charge in [-0.3, -0.25) is 0 Å². The number of benzene rings is 7. The summed E-state index contributed by atoms with van der Waals surface area (Å²) in [6.07, 6.45) is 0. The van der Waals surface area contributed by atoms with Crippen molar-refractivity contribution in [1.82, 2.24) is 9.13 Å². The Kier molecular flexibility index (Phi) is 4.45. The van der Waals surface area contributed by atoms with Gasteiger partial charge in [-0.1, -0.05) is 91.0 Å². The Morgan fingerprint density at radius 3 is 1.86 bits per heavy atom. The van der Waals surface area contributed by atoms with Gasteiger partial charge in [0.15, 0.2) is 5.58 Å². The summed E-state index contributed by atoms with van der Waals surface area (Å²) in [5.74, 6) is 0. The number of hydrogen-bond acceptors (Lipinski definition) is 1. The summed E-state index contributed by atoms with van der Waals surface area (Å²) >= 11 is 0. The molecule has 3 heteroatoms. The molecule has 43 heavy (non-hydrogen) atoms. The summed E-state index contributed by atoms with van der Waals surface area (Å²) < 4.78 is 11.4. The predicted octanol–water partition coefficient (Wildman–Crippen LogP) is 10.9. The molecular weight excluding hydrogens is 524 g/mol. The maximum atomic E-state index is 6.63. The third-order valence-corrected chi connectivity index (χ3v) is 9.08. The highest BCUT2D eigenvalue weighted by Crippen LogP contribution is 2.44. The number of para-hydroxylation sites is 3. The van der Waals surface area contributed by atoms with Crippen LogP contribution >= 0.6 is 0 Å². The van der Waals surface area contributed by atoms with Gasteiger partial charge < -0.3 is 13.6 Å². The van der Waals surface area contributed by atoms with E-state index < -0.39 is 0 Å². The van der Waals surface area contributed by atoms with Crippen molar-refractivity contribution in [2.45, 2.75) is 0 Å². The summed E-state index contributed by atoms with van der Waals surface area (Å²) in [5.41, 5.74) is 8.75. The van der Waals surface area contributed by atoms with Crippen LogP contribution in [0.1, 0.15) is 0 Å². The summed E-state index contributed by atoms with van der Waals surface area (Å²) in [7, 11) is 0. The Labute approximate surface area is 246 Å². The molecule has 0 saturated heterocycles. The lowest BCUT2D eigenvalue weighted by Gasteiger charge is -2.10. The van der Waals surface area contributed by atoms with Gasteiger partial charge in [0.2, 0.25) is 0 Å². The highest BCUT2D eigenvalue weighted by Gasteiger charge is 2.22. The highest BCUT2D eigenvalue weighted by molar-refractivity contribution is 6.27. The molecule has 3 aromatic heterocycles. The molecule has 200 valence electrons. The molecule has 0 radical (unpaired) electrons. The first kappa shape index (κ1) is 22.8. The molecule has 10 aromatic rings. The molecule has 7 aromatic carbocycles. The molecule has 0 spiro atoms. The highest BCUT2D eigenvalue weighted by atomic mass is 16.3. The average molecular weight is 549 g/mol. The summed E-state index contributed by atoms with van der Waals surface area (Å²) in [6, 6.07) is 52.2. The van der Waals surface area contributed by atoms with Gasteiger partial charge in [-0.15, -0.1) is 0 Å². The van der Waals surface area contributed by atoms with Gasteiger partial charge in [0.1, 0.15) is 5.58 Å². The predicted molar refractivity (Wildman–Crippen MR) is 180 cm³/mol. The number of aromatic nitrogens is 2. The quantitative estimate of drug-likeness (QED) is 0.211. The molecule has 0 N–H and O–H groups in total. The molecule has 0 bridgehead atoms. The fourth-order valence-electron chi connectivity index (χ4n) is 7.26. The third-order valence-electron chi connectivity index (χ3n) is 9.08. The van der Waals surface area contributed by atoms with Crippen molar-refractivity contribution in [2.75, 3.05) is 0 Å². The van der Waals surface area contributed by atoms with E-state index in [-0.39, 0.29) is 0 Å². The first-order chi connectivity index (χ1) is 21.3. The van der Waals surface area contributed by atoms with Gasteiger partial charge in [-0.25, -0.2) is 0 Å². The summed E-state index contributed by atoms with van der Waals surface area (Å²) in [6.45, 7) is 0. The van der Waals surface area contributed by atoms with Gasteiger partial charge in [-0.2, -0.15) is 0 Å². The maximum Gasteiger partial charge on any atom is 0.160 e. The number of rotatable bonds is 2. The van der Waals surface area contributed by atoms with E-state index in [9.17, 15) is 0 Å². The fraction of sp³-hybridized carbons (Fsp3) is 0. The Balaban J connectivity index is 1.47. The average Bonchev–Trinajstić information content (AvgIpc) is 3.72. The van der Waals surface area contributed by atoms with Gasteiger partial charge >= 0.3 is 0 Å². The first-order valence-corrected chi connectivity index (χ1v) is 14.7. The molecule has 0 fully saturated rings. The second-order valence-electron chi connectivity index (χ2n) is 11.3. The molecule has 0 aliphatic carbocycles. The van der Waals surface area contributed by atoms with Crippen molar-refractivity contribution in [3.8, 4) is 11.4 Å². The number of hydrogen-bond donors (Lipinski definition) is 0. The van der Waals surface area contributed by atoms with Crippen LogP contribution in [0.3, 0.4) is 0 Å². The summed E-state index contributed by atoms with van der Waals surface area (Å²) in [4.78, 5) is 0. The van der Waals surface area contributed by atoms with Crippen molar-refractivity contribution >= 4 is 76.3 Å². The molecule has 0 unspecified atom stereocenters. The molecule has 0 atom stereocenters. The smallest absolute Gasteiger partial charge is 0.160 e. The van der Waals surface area contributed by atoms with E-state index in [0.29, 0.717) is 0 Å². The summed E-state index contributed by atoms with van der Waals surface area (Å²) in [5, 5.41) is 9.73. The third kappa shape index (κ3) is 3.03. The number of nitrogens with zero attached hydrogens (tertiary/aromatic N) is 2. The lowest BCUT2D eigenvalue weighted by molar-refractivity contribution is 0.671. The van der Waals surface area contributed by atoms with Crippen LogP contribution in [-0.4, -0.2) is 9.13 Å². The molecule has 0 aliphatic heterocycles. The maximum absolute atomic E-state index is 6.63. The normalized spacial score (nSPS) is 12.2. The van der Waals surface area contributed by atoms with Crippen LogP contribution in [0.5, 0.6) is 0 Å². The van der Waals surface area contributed by atoms with Crippen molar-refractivity contribution in [3.63, 3.8) is 0 Å². The largest absolute Gasteiger partial charge is 0.454 e. The van der Waals surface area contributed by atoms with Crippen LogP contribution in [0.15, 0.2) is 150 Å². The molecule has 0 aliphatic rings. The molecule has 0 amide bonds. The van der Waals surface area contributed by atoms with Crippen LogP contribution in [-0.2, 0) is 0 Å². The Hall–Kier alpha value is -5.80. The van der Waals surface area contributed by atoms with Crippen LogP contribution in [0, 0.1) is 0 Å².